The van der Waals surface area contributed by atoms with E-state index in [0.717, 1.165) is 55.9 Å². The molecule has 3 rings (SSSR count). The van der Waals surface area contributed by atoms with E-state index < -0.39 is 0 Å². The van der Waals surface area contributed by atoms with Crippen LogP contribution in [0.4, 0.5) is 5.82 Å². The molecule has 21 heavy (non-hydrogen) atoms. The molecule has 0 radical (unpaired) electrons. The number of ether oxygens (including phenoxy) is 1. The molecule has 5 nitrogen and oxygen atoms in total. The average Bonchev–Trinajstić information content (AvgIpc) is 3.02. The Morgan fingerprint density at radius 3 is 2.86 bits per heavy atom. The third-order valence-corrected chi connectivity index (χ3v) is 4.86. The van der Waals surface area contributed by atoms with Crippen LogP contribution in [0.15, 0.2) is 17.4 Å². The fraction of sp³-hybridized carbons (Fsp3) is 0.733. The summed E-state index contributed by atoms with van der Waals surface area (Å²) in [5.74, 6) is 2.05. The van der Waals surface area contributed by atoms with Gasteiger partial charge < -0.3 is 9.64 Å². The van der Waals surface area contributed by atoms with Crippen LogP contribution in [0.3, 0.4) is 0 Å². The number of aromatic nitrogens is 2. The van der Waals surface area contributed by atoms with Gasteiger partial charge in [-0.25, -0.2) is 4.98 Å². The van der Waals surface area contributed by atoms with Crippen LogP contribution in [-0.2, 0) is 4.74 Å². The van der Waals surface area contributed by atoms with Crippen LogP contribution in [0.25, 0.3) is 0 Å². The highest BCUT2D eigenvalue weighted by molar-refractivity contribution is 7.99. The van der Waals surface area contributed by atoms with Crippen molar-refractivity contribution in [2.24, 2.45) is 0 Å². The van der Waals surface area contributed by atoms with E-state index in [2.05, 4.69) is 21.7 Å². The molecule has 116 valence electrons. The Hall–Kier alpha value is -0.850. The summed E-state index contributed by atoms with van der Waals surface area (Å²) in [6.45, 7) is 8.42. The van der Waals surface area contributed by atoms with Gasteiger partial charge in [-0.2, -0.15) is 0 Å². The minimum Gasteiger partial charge on any atom is -0.377 e. The quantitative estimate of drug-likeness (QED) is 0.774. The van der Waals surface area contributed by atoms with Gasteiger partial charge in [-0.15, -0.1) is 11.8 Å². The fourth-order valence-electron chi connectivity index (χ4n) is 2.94. The van der Waals surface area contributed by atoms with Gasteiger partial charge in [-0.3, -0.25) is 9.88 Å². The summed E-state index contributed by atoms with van der Waals surface area (Å²) in [5, 5.41) is 1.02. The van der Waals surface area contributed by atoms with Crippen LogP contribution in [0.1, 0.15) is 19.8 Å². The summed E-state index contributed by atoms with van der Waals surface area (Å²) in [5.41, 5.74) is 0. The minimum absolute atomic E-state index is 0.459. The van der Waals surface area contributed by atoms with Crippen LogP contribution in [0, 0.1) is 0 Å². The van der Waals surface area contributed by atoms with Crippen LogP contribution >= 0.6 is 11.8 Å². The van der Waals surface area contributed by atoms with Crippen molar-refractivity contribution in [1.29, 1.82) is 0 Å². The molecule has 2 aliphatic heterocycles. The molecule has 0 aliphatic carbocycles. The van der Waals surface area contributed by atoms with Crippen molar-refractivity contribution < 1.29 is 4.74 Å². The lowest BCUT2D eigenvalue weighted by Crippen LogP contribution is -2.48. The molecule has 6 heteroatoms. The molecule has 3 heterocycles. The molecule has 2 fully saturated rings. The van der Waals surface area contributed by atoms with Crippen molar-refractivity contribution in [1.82, 2.24) is 14.9 Å². The largest absolute Gasteiger partial charge is 0.377 e. The van der Waals surface area contributed by atoms with Gasteiger partial charge in [-0.1, -0.05) is 6.92 Å². The predicted octanol–water partition coefficient (Wildman–Crippen LogP) is 1.89. The van der Waals surface area contributed by atoms with Gasteiger partial charge in [0.1, 0.15) is 10.8 Å². The van der Waals surface area contributed by atoms with Crippen molar-refractivity contribution >= 4 is 17.6 Å². The summed E-state index contributed by atoms with van der Waals surface area (Å²) >= 11 is 1.75. The maximum atomic E-state index is 5.73. The molecule has 1 aromatic rings. The number of rotatable bonds is 5. The van der Waals surface area contributed by atoms with Crippen LogP contribution < -0.4 is 4.90 Å². The molecule has 0 spiro atoms. The van der Waals surface area contributed by atoms with Gasteiger partial charge >= 0.3 is 0 Å². The van der Waals surface area contributed by atoms with E-state index in [1.807, 2.05) is 12.4 Å². The topological polar surface area (TPSA) is 41.5 Å². The van der Waals surface area contributed by atoms with Gasteiger partial charge in [-0.05, 0) is 18.6 Å². The number of nitrogens with zero attached hydrogens (tertiary/aromatic N) is 4. The van der Waals surface area contributed by atoms with E-state index in [9.17, 15) is 0 Å². The monoisotopic (exact) mass is 308 g/mol. The minimum atomic E-state index is 0.459. The molecule has 0 amide bonds. The molecule has 2 saturated heterocycles. The van der Waals surface area contributed by atoms with Crippen molar-refractivity contribution in [3.05, 3.63) is 12.4 Å². The second kappa shape index (κ2) is 7.42. The summed E-state index contributed by atoms with van der Waals surface area (Å²) in [6.07, 6.45) is 6.64. The Labute approximate surface area is 131 Å². The highest BCUT2D eigenvalue weighted by Gasteiger charge is 2.23. The van der Waals surface area contributed by atoms with Crippen molar-refractivity contribution in [3.8, 4) is 0 Å². The first-order chi connectivity index (χ1) is 10.3. The summed E-state index contributed by atoms with van der Waals surface area (Å²) < 4.78 is 5.73. The highest BCUT2D eigenvalue weighted by Crippen LogP contribution is 2.20. The fourth-order valence-corrected chi connectivity index (χ4v) is 3.53. The van der Waals surface area contributed by atoms with Crippen molar-refractivity contribution in [3.63, 3.8) is 0 Å². The molecular weight excluding hydrogens is 284 g/mol. The Kier molecular flexibility index (Phi) is 5.32. The predicted molar refractivity (Wildman–Crippen MR) is 86.1 cm³/mol. The van der Waals surface area contributed by atoms with Crippen LogP contribution in [0.5, 0.6) is 0 Å². The number of hydrogen-bond acceptors (Lipinski definition) is 6. The van der Waals surface area contributed by atoms with Gasteiger partial charge in [0.2, 0.25) is 0 Å². The Morgan fingerprint density at radius 2 is 2.14 bits per heavy atom. The first-order valence-electron chi connectivity index (χ1n) is 7.89. The zero-order valence-corrected chi connectivity index (χ0v) is 13.5. The number of thioether (sulfide) groups is 1. The molecule has 2 aliphatic rings. The zero-order chi connectivity index (χ0) is 14.5. The highest BCUT2D eigenvalue weighted by atomic mass is 32.2. The van der Waals surface area contributed by atoms with Crippen LogP contribution in [0.2, 0.25) is 0 Å². The van der Waals surface area contributed by atoms with E-state index in [0.29, 0.717) is 6.10 Å². The molecule has 0 N–H and O–H groups in total. The summed E-state index contributed by atoms with van der Waals surface area (Å²) in [7, 11) is 0. The Bertz CT molecular complexity index is 445. The van der Waals surface area contributed by atoms with E-state index >= 15 is 0 Å². The van der Waals surface area contributed by atoms with E-state index in [1.54, 1.807) is 11.8 Å². The molecule has 0 bridgehead atoms. The third kappa shape index (κ3) is 4.08. The number of piperazine rings is 1. The maximum absolute atomic E-state index is 5.73. The third-order valence-electron chi connectivity index (χ3n) is 4.07. The first kappa shape index (κ1) is 15.1. The van der Waals surface area contributed by atoms with Crippen LogP contribution in [-0.4, -0.2) is 66.1 Å². The average molecular weight is 308 g/mol. The lowest BCUT2D eigenvalue weighted by molar-refractivity contribution is 0.0712. The second-order valence-corrected chi connectivity index (χ2v) is 6.86. The second-order valence-electron chi connectivity index (χ2n) is 5.57. The molecule has 1 atom stereocenters. The van der Waals surface area contributed by atoms with E-state index in [1.165, 1.54) is 12.8 Å². The normalized spacial score (nSPS) is 23.7. The van der Waals surface area contributed by atoms with Gasteiger partial charge in [0.25, 0.3) is 0 Å². The lowest BCUT2D eigenvalue weighted by Gasteiger charge is -2.36. The number of hydrogen-bond donors (Lipinski definition) is 0. The Balaban J connectivity index is 1.51. The van der Waals surface area contributed by atoms with Gasteiger partial charge in [0, 0.05) is 39.3 Å². The summed E-state index contributed by atoms with van der Waals surface area (Å²) in [4.78, 5) is 13.9. The number of anilines is 1. The Morgan fingerprint density at radius 1 is 1.29 bits per heavy atom. The smallest absolute Gasteiger partial charge is 0.148 e. The zero-order valence-electron chi connectivity index (χ0n) is 12.7. The van der Waals surface area contributed by atoms with E-state index in [4.69, 9.17) is 9.72 Å². The van der Waals surface area contributed by atoms with Crippen molar-refractivity contribution in [2.75, 3.05) is 50.0 Å². The standard InChI is InChI=1S/C15H24N4OS/c1-2-21-15-11-16-10-14(17-15)19-7-5-18(6-8-19)12-13-4-3-9-20-13/h10-11,13H,2-9,12H2,1H3. The summed E-state index contributed by atoms with van der Waals surface area (Å²) in [6, 6.07) is 0. The van der Waals surface area contributed by atoms with E-state index in [-0.39, 0.29) is 0 Å². The first-order valence-corrected chi connectivity index (χ1v) is 8.87. The molecule has 1 aromatic heterocycles. The molecule has 0 aromatic carbocycles. The van der Waals surface area contributed by atoms with Crippen molar-refractivity contribution in [2.45, 2.75) is 30.9 Å². The molecular formula is C15H24N4OS. The lowest BCUT2D eigenvalue weighted by atomic mass is 10.2. The SMILES string of the molecule is CCSc1cncc(N2CCN(CC3CCCO3)CC2)n1. The maximum Gasteiger partial charge on any atom is 0.148 e. The molecule has 1 unspecified atom stereocenters. The van der Waals surface area contributed by atoms with Gasteiger partial charge in [0.05, 0.1) is 18.5 Å². The molecule has 0 saturated carbocycles. The van der Waals surface area contributed by atoms with Gasteiger partial charge in [0.15, 0.2) is 0 Å².